The molecule has 0 radical (unpaired) electrons. The Labute approximate surface area is 109 Å². The summed E-state index contributed by atoms with van der Waals surface area (Å²) < 4.78 is 5.03. The van der Waals surface area contributed by atoms with Crippen LogP contribution in [0.4, 0.5) is 0 Å². The van der Waals surface area contributed by atoms with Gasteiger partial charge in [0, 0.05) is 0 Å². The number of rotatable bonds is 3. The maximum absolute atomic E-state index is 11.8. The highest BCUT2D eigenvalue weighted by Gasteiger charge is 2.08. The number of carbonyl (C=O) groups excluding carboxylic acids is 1. The number of nitrogens with zero attached hydrogens (tertiary/aromatic N) is 1. The SMILES string of the molecule is Cc1ccc(C(=O)N/N=C/c2ccco2)c(Cl)c1. The van der Waals surface area contributed by atoms with Crippen molar-refractivity contribution in [2.75, 3.05) is 0 Å². The van der Waals surface area contributed by atoms with Gasteiger partial charge in [-0.25, -0.2) is 5.43 Å². The summed E-state index contributed by atoms with van der Waals surface area (Å²) in [5, 5.41) is 4.18. The fourth-order valence-corrected chi connectivity index (χ4v) is 1.70. The van der Waals surface area contributed by atoms with Crippen LogP contribution in [0.25, 0.3) is 0 Å². The van der Waals surface area contributed by atoms with Crippen molar-refractivity contribution in [3.05, 3.63) is 58.5 Å². The molecule has 0 bridgehead atoms. The van der Waals surface area contributed by atoms with Gasteiger partial charge < -0.3 is 4.42 Å². The molecule has 0 aliphatic rings. The second-order valence-electron chi connectivity index (χ2n) is 3.70. The molecule has 0 fully saturated rings. The van der Waals surface area contributed by atoms with Crippen LogP contribution in [0.2, 0.25) is 5.02 Å². The Morgan fingerprint density at radius 1 is 1.44 bits per heavy atom. The van der Waals surface area contributed by atoms with E-state index in [1.165, 1.54) is 12.5 Å². The average molecular weight is 263 g/mol. The van der Waals surface area contributed by atoms with Crippen molar-refractivity contribution in [2.45, 2.75) is 6.92 Å². The molecule has 5 heteroatoms. The third kappa shape index (κ3) is 2.99. The number of hydrogen-bond acceptors (Lipinski definition) is 3. The quantitative estimate of drug-likeness (QED) is 0.683. The first-order valence-corrected chi connectivity index (χ1v) is 5.67. The highest BCUT2D eigenvalue weighted by molar-refractivity contribution is 6.33. The van der Waals surface area contributed by atoms with Gasteiger partial charge in [-0.05, 0) is 36.8 Å². The van der Waals surface area contributed by atoms with Crippen LogP contribution in [-0.2, 0) is 0 Å². The number of carbonyl (C=O) groups is 1. The summed E-state index contributed by atoms with van der Waals surface area (Å²) in [5.74, 6) is 0.202. The lowest BCUT2D eigenvalue weighted by atomic mass is 10.1. The monoisotopic (exact) mass is 262 g/mol. The minimum absolute atomic E-state index is 0.359. The van der Waals surface area contributed by atoms with Crippen LogP contribution in [0.3, 0.4) is 0 Å². The van der Waals surface area contributed by atoms with Gasteiger partial charge in [0.25, 0.3) is 5.91 Å². The number of benzene rings is 1. The first-order chi connectivity index (χ1) is 8.66. The van der Waals surface area contributed by atoms with E-state index in [9.17, 15) is 4.79 Å². The molecule has 4 nitrogen and oxygen atoms in total. The Balaban J connectivity index is 2.04. The number of halogens is 1. The van der Waals surface area contributed by atoms with Crippen LogP contribution in [0.1, 0.15) is 21.7 Å². The third-order valence-electron chi connectivity index (χ3n) is 2.27. The minimum Gasteiger partial charge on any atom is -0.463 e. The fraction of sp³-hybridized carbons (Fsp3) is 0.0769. The maximum Gasteiger partial charge on any atom is 0.272 e. The van der Waals surface area contributed by atoms with Gasteiger partial charge in [-0.15, -0.1) is 0 Å². The zero-order chi connectivity index (χ0) is 13.0. The van der Waals surface area contributed by atoms with Crippen molar-refractivity contribution in [3.8, 4) is 0 Å². The van der Waals surface area contributed by atoms with E-state index >= 15 is 0 Å². The van der Waals surface area contributed by atoms with Gasteiger partial charge in [-0.2, -0.15) is 5.10 Å². The molecule has 0 aliphatic heterocycles. The molecular formula is C13H11ClN2O2. The number of aryl methyl sites for hydroxylation is 1. The Morgan fingerprint density at radius 3 is 2.94 bits per heavy atom. The summed E-state index contributed by atoms with van der Waals surface area (Å²) in [6.07, 6.45) is 2.94. The molecule has 0 atom stereocenters. The molecule has 0 saturated heterocycles. The Morgan fingerprint density at radius 2 is 2.28 bits per heavy atom. The van der Waals surface area contributed by atoms with E-state index in [-0.39, 0.29) is 5.91 Å². The standard InChI is InChI=1S/C13H11ClN2O2/c1-9-4-5-11(12(14)7-9)13(17)16-15-8-10-3-2-6-18-10/h2-8H,1H3,(H,16,17)/b15-8+. The van der Waals surface area contributed by atoms with E-state index in [2.05, 4.69) is 10.5 Å². The van der Waals surface area contributed by atoms with E-state index in [1.807, 2.05) is 13.0 Å². The lowest BCUT2D eigenvalue weighted by Crippen LogP contribution is -2.18. The van der Waals surface area contributed by atoms with Crippen LogP contribution in [0.15, 0.2) is 46.1 Å². The Bertz CT molecular complexity index is 577. The molecule has 0 saturated carbocycles. The van der Waals surface area contributed by atoms with Crippen LogP contribution in [0.5, 0.6) is 0 Å². The molecule has 18 heavy (non-hydrogen) atoms. The summed E-state index contributed by atoms with van der Waals surface area (Å²) in [6, 6.07) is 8.67. The van der Waals surface area contributed by atoms with Crippen LogP contribution in [-0.4, -0.2) is 12.1 Å². The maximum atomic E-state index is 11.8. The van der Waals surface area contributed by atoms with Gasteiger partial charge in [0.15, 0.2) is 0 Å². The normalized spacial score (nSPS) is 10.8. The third-order valence-corrected chi connectivity index (χ3v) is 2.58. The predicted octanol–water partition coefficient (Wildman–Crippen LogP) is 3.01. The number of hydrogen-bond donors (Lipinski definition) is 1. The van der Waals surface area contributed by atoms with Gasteiger partial charge in [0.1, 0.15) is 5.76 Å². The van der Waals surface area contributed by atoms with Crippen LogP contribution in [0, 0.1) is 6.92 Å². The van der Waals surface area contributed by atoms with Gasteiger partial charge in [0.05, 0.1) is 23.1 Å². The molecule has 1 aromatic heterocycles. The van der Waals surface area contributed by atoms with E-state index in [4.69, 9.17) is 16.0 Å². The zero-order valence-corrected chi connectivity index (χ0v) is 10.4. The summed E-state index contributed by atoms with van der Waals surface area (Å²) in [6.45, 7) is 1.91. The molecule has 2 rings (SSSR count). The minimum atomic E-state index is -0.359. The zero-order valence-electron chi connectivity index (χ0n) is 9.68. The van der Waals surface area contributed by atoms with Crippen molar-refractivity contribution < 1.29 is 9.21 Å². The highest BCUT2D eigenvalue weighted by atomic mass is 35.5. The lowest BCUT2D eigenvalue weighted by molar-refractivity contribution is 0.0955. The van der Waals surface area contributed by atoms with E-state index < -0.39 is 0 Å². The van der Waals surface area contributed by atoms with Gasteiger partial charge in [-0.1, -0.05) is 17.7 Å². The summed E-state index contributed by atoms with van der Waals surface area (Å²) in [7, 11) is 0. The van der Waals surface area contributed by atoms with Gasteiger partial charge >= 0.3 is 0 Å². The predicted molar refractivity (Wildman–Crippen MR) is 70.0 cm³/mol. The molecule has 1 amide bonds. The molecule has 0 unspecified atom stereocenters. The van der Waals surface area contributed by atoms with Gasteiger partial charge in [-0.3, -0.25) is 4.79 Å². The van der Waals surface area contributed by atoms with E-state index in [1.54, 1.807) is 24.3 Å². The highest BCUT2D eigenvalue weighted by Crippen LogP contribution is 2.17. The van der Waals surface area contributed by atoms with Crippen molar-refractivity contribution >= 4 is 23.7 Å². The second kappa shape index (κ2) is 5.51. The summed E-state index contributed by atoms with van der Waals surface area (Å²) in [4.78, 5) is 11.8. The molecule has 2 aromatic rings. The number of hydrazone groups is 1. The van der Waals surface area contributed by atoms with Crippen molar-refractivity contribution in [3.63, 3.8) is 0 Å². The van der Waals surface area contributed by atoms with Crippen molar-refractivity contribution in [1.82, 2.24) is 5.43 Å². The van der Waals surface area contributed by atoms with E-state index in [0.29, 0.717) is 16.3 Å². The average Bonchev–Trinajstić information content (AvgIpc) is 2.81. The first kappa shape index (κ1) is 12.4. The van der Waals surface area contributed by atoms with Gasteiger partial charge in [0.2, 0.25) is 0 Å². The molecular weight excluding hydrogens is 252 g/mol. The lowest BCUT2D eigenvalue weighted by Gasteiger charge is -2.03. The van der Waals surface area contributed by atoms with Crippen molar-refractivity contribution in [2.24, 2.45) is 5.10 Å². The smallest absolute Gasteiger partial charge is 0.272 e. The second-order valence-corrected chi connectivity index (χ2v) is 4.11. The summed E-state index contributed by atoms with van der Waals surface area (Å²) in [5.41, 5.74) is 3.77. The molecule has 1 N–H and O–H groups in total. The molecule has 92 valence electrons. The fourth-order valence-electron chi connectivity index (χ4n) is 1.38. The number of nitrogens with one attached hydrogen (secondary N) is 1. The number of furan rings is 1. The topological polar surface area (TPSA) is 54.6 Å². The molecule has 1 aromatic carbocycles. The Kier molecular flexibility index (Phi) is 3.79. The molecule has 0 aliphatic carbocycles. The molecule has 0 spiro atoms. The van der Waals surface area contributed by atoms with Crippen LogP contribution < -0.4 is 5.43 Å². The van der Waals surface area contributed by atoms with Crippen LogP contribution >= 0.6 is 11.6 Å². The van der Waals surface area contributed by atoms with E-state index in [0.717, 1.165) is 5.56 Å². The largest absolute Gasteiger partial charge is 0.463 e. The molecule has 1 heterocycles. The number of amides is 1. The summed E-state index contributed by atoms with van der Waals surface area (Å²) >= 11 is 5.97. The van der Waals surface area contributed by atoms with Crippen molar-refractivity contribution in [1.29, 1.82) is 0 Å². The Hall–Kier alpha value is -2.07. The first-order valence-electron chi connectivity index (χ1n) is 5.30.